The van der Waals surface area contributed by atoms with E-state index in [0.717, 1.165) is 39.7 Å². The maximum absolute atomic E-state index is 6.22. The van der Waals surface area contributed by atoms with Crippen molar-refractivity contribution in [2.75, 3.05) is 0 Å². The van der Waals surface area contributed by atoms with Crippen LogP contribution in [0.15, 0.2) is 71.3 Å². The summed E-state index contributed by atoms with van der Waals surface area (Å²) in [5, 5.41) is 5.49. The molecule has 0 bridgehead atoms. The Morgan fingerprint density at radius 3 is 2.80 bits per heavy atom. The predicted octanol–water partition coefficient (Wildman–Crippen LogP) is 5.49. The smallest absolute Gasteiger partial charge is 0.134 e. The number of aromatic nitrogens is 1. The summed E-state index contributed by atoms with van der Waals surface area (Å²) < 4.78 is 8.30. The van der Waals surface area contributed by atoms with Gasteiger partial charge in [-0.2, -0.15) is 0 Å². The summed E-state index contributed by atoms with van der Waals surface area (Å²) in [5.41, 5.74) is 4.40. The Balaban J connectivity index is 0.00000157. The first-order valence-corrected chi connectivity index (χ1v) is 8.35. The predicted molar refractivity (Wildman–Crippen MR) is 103 cm³/mol. The lowest BCUT2D eigenvalue weighted by Crippen LogP contribution is -2.20. The highest BCUT2D eigenvalue weighted by Gasteiger charge is 2.25. The number of nitrogens with zero attached hydrogens (tertiary/aromatic N) is 1. The van der Waals surface area contributed by atoms with Gasteiger partial charge in [0.25, 0.3) is 0 Å². The molecule has 1 N–H and O–H groups in total. The Morgan fingerprint density at radius 2 is 1.92 bits per heavy atom. The number of furan rings is 1. The van der Waals surface area contributed by atoms with Gasteiger partial charge in [-0.15, -0.1) is 12.4 Å². The summed E-state index contributed by atoms with van der Waals surface area (Å²) in [5.74, 6) is 0.926. The summed E-state index contributed by atoms with van der Waals surface area (Å²) >= 11 is 6.22. The van der Waals surface area contributed by atoms with E-state index in [9.17, 15) is 0 Å². The highest BCUT2D eigenvalue weighted by molar-refractivity contribution is 6.30. The van der Waals surface area contributed by atoms with Crippen molar-refractivity contribution in [2.45, 2.75) is 12.6 Å². The van der Waals surface area contributed by atoms with Gasteiger partial charge in [-0.05, 0) is 42.0 Å². The van der Waals surface area contributed by atoms with Crippen molar-refractivity contribution in [2.24, 2.45) is 0 Å². The summed E-state index contributed by atoms with van der Waals surface area (Å²) in [4.78, 5) is 0. The van der Waals surface area contributed by atoms with Crippen LogP contribution >= 0.6 is 24.0 Å². The van der Waals surface area contributed by atoms with Crippen LogP contribution in [-0.2, 0) is 6.54 Å². The van der Waals surface area contributed by atoms with E-state index >= 15 is 0 Å². The lowest BCUT2D eigenvalue weighted by molar-refractivity contribution is 0.465. The van der Waals surface area contributed by atoms with Crippen LogP contribution in [0.3, 0.4) is 0 Å². The van der Waals surface area contributed by atoms with Crippen LogP contribution in [0.25, 0.3) is 16.7 Å². The van der Waals surface area contributed by atoms with Gasteiger partial charge in [-0.25, -0.2) is 0 Å². The first-order valence-electron chi connectivity index (χ1n) is 7.97. The number of benzene rings is 2. The number of rotatable bonds is 1. The molecule has 0 radical (unpaired) electrons. The van der Waals surface area contributed by atoms with Crippen molar-refractivity contribution < 1.29 is 4.42 Å². The minimum atomic E-state index is -0.00132. The molecule has 5 rings (SSSR count). The average molecular weight is 371 g/mol. The molecule has 0 fully saturated rings. The van der Waals surface area contributed by atoms with Gasteiger partial charge in [-0.1, -0.05) is 35.9 Å². The van der Waals surface area contributed by atoms with E-state index in [1.54, 1.807) is 0 Å². The Labute approximate surface area is 156 Å². The van der Waals surface area contributed by atoms with Crippen LogP contribution in [0, 0.1) is 0 Å². The second-order valence-electron chi connectivity index (χ2n) is 6.08. The van der Waals surface area contributed by atoms with Crippen LogP contribution in [-0.4, -0.2) is 4.57 Å². The molecule has 0 spiro atoms. The van der Waals surface area contributed by atoms with E-state index in [0.29, 0.717) is 0 Å². The first-order chi connectivity index (χ1) is 11.8. The van der Waals surface area contributed by atoms with Crippen LogP contribution in [0.1, 0.15) is 23.1 Å². The van der Waals surface area contributed by atoms with Crippen molar-refractivity contribution >= 4 is 35.0 Å². The van der Waals surface area contributed by atoms with Gasteiger partial charge in [0.1, 0.15) is 17.4 Å². The molecule has 1 aliphatic rings. The Kier molecular flexibility index (Phi) is 4.08. The molecule has 1 aliphatic heterocycles. The number of hydrogen-bond donors (Lipinski definition) is 1. The van der Waals surface area contributed by atoms with Crippen molar-refractivity contribution in [3.8, 4) is 5.69 Å². The summed E-state index contributed by atoms with van der Waals surface area (Å²) in [6.07, 6.45) is 2.08. The minimum Gasteiger partial charge on any atom is -0.459 e. The van der Waals surface area contributed by atoms with Crippen LogP contribution in [0.2, 0.25) is 5.02 Å². The first kappa shape index (κ1) is 16.3. The van der Waals surface area contributed by atoms with Crippen molar-refractivity contribution in [3.05, 3.63) is 88.9 Å². The highest BCUT2D eigenvalue weighted by Crippen LogP contribution is 2.34. The SMILES string of the molecule is Cl.Clc1ccc2c(c1)-n1cccc1C(c1cc3ccccc3o1)NC2. The van der Waals surface area contributed by atoms with E-state index in [2.05, 4.69) is 46.4 Å². The fraction of sp³-hybridized carbons (Fsp3) is 0.100. The molecule has 5 heteroatoms. The molecule has 1 atom stereocenters. The van der Waals surface area contributed by atoms with E-state index in [4.69, 9.17) is 16.0 Å². The molecule has 3 heterocycles. The van der Waals surface area contributed by atoms with Gasteiger partial charge >= 0.3 is 0 Å². The Bertz CT molecular complexity index is 1020. The van der Waals surface area contributed by atoms with Gasteiger partial charge in [0.2, 0.25) is 0 Å². The molecule has 4 aromatic rings. The largest absolute Gasteiger partial charge is 0.459 e. The molecule has 2 aromatic heterocycles. The molecule has 0 aliphatic carbocycles. The van der Waals surface area contributed by atoms with Gasteiger partial charge in [-0.3, -0.25) is 5.32 Å². The number of para-hydroxylation sites is 1. The number of hydrogen-bond acceptors (Lipinski definition) is 2. The number of nitrogens with one attached hydrogen (secondary N) is 1. The lowest BCUT2D eigenvalue weighted by Gasteiger charge is -2.15. The van der Waals surface area contributed by atoms with Crippen molar-refractivity contribution in [1.29, 1.82) is 0 Å². The van der Waals surface area contributed by atoms with Gasteiger partial charge < -0.3 is 8.98 Å². The zero-order valence-corrected chi connectivity index (χ0v) is 14.8. The molecule has 0 amide bonds. The summed E-state index contributed by atoms with van der Waals surface area (Å²) in [6, 6.07) is 20.4. The minimum absolute atomic E-state index is 0. The molecule has 3 nitrogen and oxygen atoms in total. The second-order valence-corrected chi connectivity index (χ2v) is 6.51. The zero-order chi connectivity index (χ0) is 16.1. The fourth-order valence-corrected chi connectivity index (χ4v) is 3.63. The third-order valence-electron chi connectivity index (χ3n) is 4.61. The quantitative estimate of drug-likeness (QED) is 0.479. The molecule has 126 valence electrons. The zero-order valence-electron chi connectivity index (χ0n) is 13.3. The Morgan fingerprint density at radius 1 is 1.04 bits per heavy atom. The standard InChI is InChI=1S/C20H15ClN2O.ClH/c21-15-8-7-14-12-22-20(16-5-3-9-23(16)17(14)11-15)19-10-13-4-1-2-6-18(13)24-19;/h1-11,20,22H,12H2;1H. The van der Waals surface area contributed by atoms with Crippen LogP contribution < -0.4 is 5.32 Å². The maximum Gasteiger partial charge on any atom is 0.134 e. The number of halogens is 2. The number of fused-ring (bicyclic) bond motifs is 4. The highest BCUT2D eigenvalue weighted by atomic mass is 35.5. The third kappa shape index (κ3) is 2.65. The van der Waals surface area contributed by atoms with Gasteiger partial charge in [0.15, 0.2) is 0 Å². The molecule has 25 heavy (non-hydrogen) atoms. The summed E-state index contributed by atoms with van der Waals surface area (Å²) in [6.45, 7) is 0.760. The van der Waals surface area contributed by atoms with Crippen molar-refractivity contribution in [3.63, 3.8) is 0 Å². The lowest BCUT2D eigenvalue weighted by atomic mass is 10.1. The monoisotopic (exact) mass is 370 g/mol. The van der Waals surface area contributed by atoms with Crippen LogP contribution in [0.4, 0.5) is 0 Å². The fourth-order valence-electron chi connectivity index (χ4n) is 3.47. The maximum atomic E-state index is 6.22. The van der Waals surface area contributed by atoms with Crippen molar-refractivity contribution in [1.82, 2.24) is 9.88 Å². The van der Waals surface area contributed by atoms with Crippen LogP contribution in [0.5, 0.6) is 0 Å². The van der Waals surface area contributed by atoms with Gasteiger partial charge in [0.05, 0.1) is 5.69 Å². The van der Waals surface area contributed by atoms with Gasteiger partial charge in [0, 0.05) is 28.8 Å². The molecule has 2 aromatic carbocycles. The normalized spacial score (nSPS) is 16.0. The molecule has 1 unspecified atom stereocenters. The molecule has 0 saturated carbocycles. The Hall–Kier alpha value is -2.20. The second kappa shape index (κ2) is 6.26. The summed E-state index contributed by atoms with van der Waals surface area (Å²) in [7, 11) is 0. The molecule has 0 saturated heterocycles. The topological polar surface area (TPSA) is 30.1 Å². The molecular weight excluding hydrogens is 355 g/mol. The van der Waals surface area contributed by atoms with E-state index in [1.165, 1.54) is 5.56 Å². The van der Waals surface area contributed by atoms with E-state index < -0.39 is 0 Å². The van der Waals surface area contributed by atoms with E-state index in [1.807, 2.05) is 30.3 Å². The van der Waals surface area contributed by atoms with E-state index in [-0.39, 0.29) is 18.4 Å². The average Bonchev–Trinajstić information content (AvgIpc) is 3.20. The molecular formula is C20H16Cl2N2O. The third-order valence-corrected chi connectivity index (χ3v) is 4.84.